The molecule has 0 bridgehead atoms. The van der Waals surface area contributed by atoms with Crippen molar-refractivity contribution in [1.29, 1.82) is 0 Å². The summed E-state index contributed by atoms with van der Waals surface area (Å²) in [6, 6.07) is 48.4. The topological polar surface area (TPSA) is 400 Å². The van der Waals surface area contributed by atoms with E-state index < -0.39 is 66.2 Å². The predicted molar refractivity (Wildman–Crippen MR) is 396 cm³/mol. The Morgan fingerprint density at radius 3 is 1.24 bits per heavy atom. The van der Waals surface area contributed by atoms with Crippen LogP contribution in [0, 0.1) is 11.8 Å². The molecule has 11 aromatic rings. The van der Waals surface area contributed by atoms with Gasteiger partial charge in [-0.2, -0.15) is 29.9 Å². The summed E-state index contributed by atoms with van der Waals surface area (Å²) in [6.07, 6.45) is 4.11. The number of aliphatic hydroxyl groups excluding tert-OH is 2. The van der Waals surface area contributed by atoms with Gasteiger partial charge in [0.1, 0.15) is 23.3 Å². The number of nitrogens with one attached hydrogen (secondary N) is 2. The fourth-order valence-electron chi connectivity index (χ4n) is 13.2. The number of carbonyl (C=O) groups is 2. The fraction of sp³-hybridized carbons (Fsp3) is 0.373. The first-order chi connectivity index (χ1) is 50.1. The molecule has 9 heterocycles. The van der Waals surface area contributed by atoms with Crippen LogP contribution < -0.4 is 33.6 Å². The maximum atomic E-state index is 13.1. The maximum Gasteiger partial charge on any atom is 0.338 e. The highest BCUT2D eigenvalue weighted by molar-refractivity contribution is 6.33. The van der Waals surface area contributed by atoms with Gasteiger partial charge in [0, 0.05) is 24.9 Å². The van der Waals surface area contributed by atoms with E-state index in [4.69, 9.17) is 58.2 Å². The summed E-state index contributed by atoms with van der Waals surface area (Å²) in [4.78, 5) is 64.8. The number of hydrogen-bond acceptors (Lipinski definition) is 25. The molecule has 0 radical (unpaired) electrons. The summed E-state index contributed by atoms with van der Waals surface area (Å²) in [5.74, 6) is 0.259. The Balaban J connectivity index is 0.000000148. The molecule has 28 nitrogen and oxygen atoms in total. The van der Waals surface area contributed by atoms with Crippen LogP contribution in [0.5, 0.6) is 0 Å². The number of carbonyl (C=O) groups excluding carboxylic acids is 2. The molecule has 0 saturated carbocycles. The lowest BCUT2D eigenvalue weighted by Gasteiger charge is -2.34. The van der Waals surface area contributed by atoms with E-state index >= 15 is 0 Å². The zero-order valence-corrected chi connectivity index (χ0v) is 59.7. The number of anilines is 5. The van der Waals surface area contributed by atoms with Crippen molar-refractivity contribution in [1.82, 2.24) is 58.6 Å². The number of ether oxygens (including phenoxy) is 5. The first kappa shape index (κ1) is 74.9. The summed E-state index contributed by atoms with van der Waals surface area (Å²) >= 11 is 6.17. The van der Waals surface area contributed by atoms with Crippen LogP contribution in [0.3, 0.4) is 0 Å². The minimum absolute atomic E-state index is 0.0327. The molecule has 0 spiro atoms. The summed E-state index contributed by atoms with van der Waals surface area (Å²) in [7, 11) is 0. The lowest BCUT2D eigenvalue weighted by atomic mass is 9.86. The highest BCUT2D eigenvalue weighted by Gasteiger charge is 2.57. The van der Waals surface area contributed by atoms with Gasteiger partial charge in [-0.25, -0.2) is 24.5 Å². The molecule has 0 aliphatic carbocycles. The summed E-state index contributed by atoms with van der Waals surface area (Å²) in [6.45, 7) is 15.0. The molecular weight excluding hydrogens is 1350 g/mol. The van der Waals surface area contributed by atoms with Crippen molar-refractivity contribution < 1.29 is 48.6 Å². The number of nitrogens with two attached hydrogens (primary N) is 4. The van der Waals surface area contributed by atoms with Crippen LogP contribution in [-0.2, 0) is 42.9 Å². The minimum atomic E-state index is -1.65. The zero-order valence-electron chi connectivity index (χ0n) is 59.0. The van der Waals surface area contributed by atoms with Gasteiger partial charge in [0.25, 0.3) is 0 Å². The predicted octanol–water partition coefficient (Wildman–Crippen LogP) is 9.50. The third kappa shape index (κ3) is 16.2. The van der Waals surface area contributed by atoms with Gasteiger partial charge in [-0.05, 0) is 100 Å². The number of esters is 2. The molecule has 29 heteroatoms. The zero-order chi connectivity index (χ0) is 73.9. The number of nitrogens with zero attached hydrogens (tertiary/aromatic N) is 12. The second kappa shape index (κ2) is 33.0. The number of nitrogen functional groups attached to an aromatic ring is 3. The summed E-state index contributed by atoms with van der Waals surface area (Å²) < 4.78 is 35.7. The average molecular weight is 1440 g/mol. The third-order valence-corrected chi connectivity index (χ3v) is 19.6. The van der Waals surface area contributed by atoms with Crippen molar-refractivity contribution in [3.8, 4) is 0 Å². The molecule has 546 valence electrons. The number of rotatable bonds is 20. The van der Waals surface area contributed by atoms with Gasteiger partial charge in [0.15, 0.2) is 74.6 Å². The largest absolute Gasteiger partial charge is 0.451 e. The molecule has 3 aliphatic rings. The lowest BCUT2D eigenvalue weighted by Crippen LogP contribution is -2.44. The smallest absolute Gasteiger partial charge is 0.338 e. The third-order valence-electron chi connectivity index (χ3n) is 19.3. The molecule has 3 fully saturated rings. The van der Waals surface area contributed by atoms with Crippen LogP contribution in [-0.4, -0.2) is 153 Å². The Morgan fingerprint density at radius 1 is 0.519 bits per heavy atom. The van der Waals surface area contributed by atoms with Crippen LogP contribution in [0.4, 0.5) is 29.5 Å². The van der Waals surface area contributed by atoms with Gasteiger partial charge in [-0.15, -0.1) is 0 Å². The molecule has 13 N–H and O–H groups in total. The number of hydrogen-bond donors (Lipinski definition) is 9. The van der Waals surface area contributed by atoms with E-state index in [9.17, 15) is 24.9 Å². The van der Waals surface area contributed by atoms with Crippen molar-refractivity contribution in [2.24, 2.45) is 17.6 Å². The van der Waals surface area contributed by atoms with E-state index in [1.165, 1.54) is 34.5 Å². The van der Waals surface area contributed by atoms with Crippen molar-refractivity contribution in [2.45, 2.75) is 140 Å². The van der Waals surface area contributed by atoms with E-state index in [0.29, 0.717) is 69.3 Å². The quantitative estimate of drug-likeness (QED) is 0.0253. The van der Waals surface area contributed by atoms with E-state index in [1.54, 1.807) is 58.2 Å². The highest BCUT2D eigenvalue weighted by atomic mass is 35.5. The molecule has 0 amide bonds. The van der Waals surface area contributed by atoms with Gasteiger partial charge in [0.05, 0.1) is 48.9 Å². The summed E-state index contributed by atoms with van der Waals surface area (Å²) in [5, 5.41) is 37.1. The molecule has 6 aromatic heterocycles. The first-order valence-corrected chi connectivity index (χ1v) is 35.0. The second-order valence-electron chi connectivity index (χ2n) is 26.3. The second-order valence-corrected chi connectivity index (χ2v) is 26.6. The van der Waals surface area contributed by atoms with Crippen molar-refractivity contribution in [2.75, 3.05) is 54.1 Å². The minimum Gasteiger partial charge on any atom is -0.451 e. The van der Waals surface area contributed by atoms with Gasteiger partial charge >= 0.3 is 11.9 Å². The van der Waals surface area contributed by atoms with E-state index in [2.05, 4.69) is 86.7 Å². The number of aromatic nitrogens is 12. The van der Waals surface area contributed by atoms with E-state index in [1.807, 2.05) is 126 Å². The fourth-order valence-corrected chi connectivity index (χ4v) is 13.4. The van der Waals surface area contributed by atoms with Crippen molar-refractivity contribution >= 4 is 86.5 Å². The molecule has 104 heavy (non-hydrogen) atoms. The summed E-state index contributed by atoms with van der Waals surface area (Å²) in [5.41, 5.74) is 27.0. The Bertz CT molecular complexity index is 4660. The number of benzene rings is 5. The molecule has 3 aliphatic heterocycles. The first-order valence-electron chi connectivity index (χ1n) is 34.6. The number of aliphatic hydroxyl groups is 3. The highest BCUT2D eigenvalue weighted by Crippen LogP contribution is 2.49. The Labute approximate surface area is 606 Å². The van der Waals surface area contributed by atoms with Crippen LogP contribution in [0.25, 0.3) is 33.5 Å². The molecule has 12 atom stereocenters. The maximum absolute atomic E-state index is 13.1. The van der Waals surface area contributed by atoms with Gasteiger partial charge < -0.3 is 72.6 Å². The van der Waals surface area contributed by atoms with Crippen LogP contribution in [0.1, 0.15) is 117 Å². The normalized spacial score (nSPS) is 24.0. The van der Waals surface area contributed by atoms with Gasteiger partial charge in [-0.3, -0.25) is 13.7 Å². The molecular formula is C75H89ClN18O10. The Hall–Kier alpha value is -10.3. The monoisotopic (exact) mass is 1440 g/mol. The molecule has 14 rings (SSSR count). The molecule has 5 aromatic carbocycles. The van der Waals surface area contributed by atoms with Crippen LogP contribution in [0.15, 0.2) is 171 Å². The van der Waals surface area contributed by atoms with E-state index in [-0.39, 0.29) is 47.0 Å². The lowest BCUT2D eigenvalue weighted by molar-refractivity contribution is -0.0950. The van der Waals surface area contributed by atoms with Crippen molar-refractivity contribution in [3.63, 3.8) is 0 Å². The number of fused-ring (bicyclic) bond motifs is 3. The Kier molecular flexibility index (Phi) is 23.8. The van der Waals surface area contributed by atoms with Crippen LogP contribution in [0.2, 0.25) is 5.15 Å². The van der Waals surface area contributed by atoms with Gasteiger partial charge in [-0.1, -0.05) is 167 Å². The van der Waals surface area contributed by atoms with Crippen LogP contribution >= 0.6 is 11.6 Å². The Morgan fingerprint density at radius 2 is 0.865 bits per heavy atom. The molecule has 3 saturated heterocycles. The SMILES string of the molecule is CC[C@H]1O[C@@H](n2cnc3c(Cl)nc(N)nc32)[C@](C)(OC(=O)c2ccccc2)[C@@H]1C.CC[C@H]1O[C@@H](n2cnc3c(NCCc4ccccc4)nc(N)nc32)[C@](C)(OC(=O)c2ccccc2)[C@@H]1C.C[C@@]1(O)[C@H](O)[C@@H](CO)O[C@H]1n1cnc2c(NCCc3ccccc3)nc(N)nc21.NCCc1ccccc1. The van der Waals surface area contributed by atoms with Crippen molar-refractivity contribution in [3.05, 3.63) is 204 Å². The average Bonchev–Trinajstić information content (AvgIpc) is 1.59. The molecule has 0 unspecified atom stereocenters. The van der Waals surface area contributed by atoms with E-state index in [0.717, 1.165) is 38.6 Å². The standard InChI is InChI=1S/C28H32N6O3.C20H22ClN5O3.C19H24N6O4.C8H11N/c1-4-21-18(2)28(3,37-25(35)20-13-9-6-10-14-20)26(36-21)34-17-31-22-23(32-27(29)33-24(22)34)30-16-15-19-11-7-5-8-12-19;1-4-13-11(2)20(3,29-17(27)12-8-6-5-7-9-12)18(28-13)26-10-23-14-15(21)24-19(22)25-16(14)26;1-19(28)14(27)12(9-26)29-17(19)25-10-22-13-15(23-18(20)24-16(13)25)21-8-7-11-5-3-2-4-6-11;9-7-6-8-4-2-1-3-5-8/h5-14,17-18,21,26H,4,15-16H2,1-3H3,(H3,29,30,32,33);5-11,13,18H,4H2,1-3H3,(H2,22,24,25);2-6,10,12,14,17,26-28H,7-9H2,1H3,(H3,20,21,23,24);1-5H,6-7,9H2/t18-,21-,26-,28-;11-,13-,18-,20-;12-,14-,17-,19-;/m111./s1. The number of imidazole rings is 3. The van der Waals surface area contributed by atoms with Gasteiger partial charge in [0.2, 0.25) is 17.8 Å². The number of halogens is 1.